The van der Waals surface area contributed by atoms with Crippen molar-refractivity contribution in [2.24, 2.45) is 5.92 Å². The summed E-state index contributed by atoms with van der Waals surface area (Å²) in [5.74, 6) is 0.506. The van der Waals surface area contributed by atoms with Crippen molar-refractivity contribution in [3.8, 4) is 0 Å². The Balaban J connectivity index is 0.000000152. The van der Waals surface area contributed by atoms with E-state index in [2.05, 4.69) is 30.7 Å². The Bertz CT molecular complexity index is 1080. The number of likely N-dealkylation sites (tertiary alicyclic amines) is 1. The highest BCUT2D eigenvalue weighted by Crippen LogP contribution is 2.47. The van der Waals surface area contributed by atoms with Crippen LogP contribution in [0.3, 0.4) is 0 Å². The summed E-state index contributed by atoms with van der Waals surface area (Å²) in [5, 5.41) is 30.0. The van der Waals surface area contributed by atoms with Gasteiger partial charge in [0.15, 0.2) is 17.9 Å². The first kappa shape index (κ1) is 25.8. The number of amides is 1. The van der Waals surface area contributed by atoms with E-state index in [0.29, 0.717) is 18.3 Å². The van der Waals surface area contributed by atoms with E-state index in [9.17, 15) is 19.8 Å². The van der Waals surface area contributed by atoms with Gasteiger partial charge in [-0.1, -0.05) is 5.16 Å². The maximum absolute atomic E-state index is 12.4. The van der Waals surface area contributed by atoms with Gasteiger partial charge in [-0.3, -0.25) is 9.59 Å². The Morgan fingerprint density at radius 2 is 1.70 bits per heavy atom. The quantitative estimate of drug-likeness (QED) is 0.387. The van der Waals surface area contributed by atoms with E-state index in [4.69, 9.17) is 4.52 Å². The van der Waals surface area contributed by atoms with Gasteiger partial charge in [-0.15, -0.1) is 0 Å². The molecule has 5 unspecified atom stereocenters. The monoisotopic (exact) mass is 513 g/mol. The van der Waals surface area contributed by atoms with Gasteiger partial charge in [0.1, 0.15) is 11.6 Å². The number of nitrogens with one attached hydrogen (secondary N) is 2. The van der Waals surface area contributed by atoms with Crippen LogP contribution in [-0.2, 0) is 9.59 Å². The molecule has 3 saturated heterocycles. The number of nitrogens with zero attached hydrogens (tertiary/aromatic N) is 5. The summed E-state index contributed by atoms with van der Waals surface area (Å²) in [6.45, 7) is 5.75. The SMILES string of the molecule is CC(O)C(c1ncccn1)N1CC2(CCCN2)C1=O.C[C@@H](O)C(c1ncno1)[C@H]1CC2(CCCN2)C1=O. The molecule has 2 aromatic heterocycles. The van der Waals surface area contributed by atoms with Crippen molar-refractivity contribution in [3.63, 3.8) is 0 Å². The van der Waals surface area contributed by atoms with E-state index in [0.717, 1.165) is 45.2 Å². The molecule has 12 heteroatoms. The summed E-state index contributed by atoms with van der Waals surface area (Å²) in [6, 6.07) is 1.27. The number of aliphatic hydroxyl groups is 2. The average Bonchev–Trinajstić information content (AvgIpc) is 3.67. The van der Waals surface area contributed by atoms with Gasteiger partial charge in [-0.25, -0.2) is 9.97 Å². The van der Waals surface area contributed by atoms with Gasteiger partial charge in [0.25, 0.3) is 0 Å². The molecule has 6 rings (SSSR count). The van der Waals surface area contributed by atoms with Gasteiger partial charge in [0.2, 0.25) is 11.8 Å². The van der Waals surface area contributed by atoms with Gasteiger partial charge in [0.05, 0.1) is 23.7 Å². The number of β-lactam (4-membered cyclic amide) rings is 1. The zero-order valence-corrected chi connectivity index (χ0v) is 21.2. The third-order valence-corrected chi connectivity index (χ3v) is 8.23. The summed E-state index contributed by atoms with van der Waals surface area (Å²) in [4.78, 5) is 38.8. The summed E-state index contributed by atoms with van der Waals surface area (Å²) < 4.78 is 5.02. The van der Waals surface area contributed by atoms with Crippen molar-refractivity contribution in [1.82, 2.24) is 35.6 Å². The van der Waals surface area contributed by atoms with Crippen LogP contribution in [0.25, 0.3) is 0 Å². The van der Waals surface area contributed by atoms with Gasteiger partial charge in [-0.05, 0) is 65.1 Å². The van der Waals surface area contributed by atoms with Crippen LogP contribution in [0.2, 0.25) is 0 Å². The van der Waals surface area contributed by atoms with Crippen molar-refractivity contribution in [2.45, 2.75) is 81.2 Å². The smallest absolute Gasteiger partial charge is 0.245 e. The van der Waals surface area contributed by atoms with E-state index < -0.39 is 18.2 Å². The summed E-state index contributed by atoms with van der Waals surface area (Å²) in [5.41, 5.74) is -0.722. The Morgan fingerprint density at radius 3 is 2.19 bits per heavy atom. The first-order chi connectivity index (χ1) is 17.8. The highest BCUT2D eigenvalue weighted by Gasteiger charge is 2.59. The lowest BCUT2D eigenvalue weighted by atomic mass is 9.60. The lowest BCUT2D eigenvalue weighted by Crippen LogP contribution is -2.72. The minimum atomic E-state index is -0.690. The molecule has 5 heterocycles. The molecule has 3 aliphatic heterocycles. The molecule has 12 nitrogen and oxygen atoms in total. The van der Waals surface area contributed by atoms with Crippen molar-refractivity contribution < 1.29 is 24.3 Å². The van der Waals surface area contributed by atoms with Gasteiger partial charge >= 0.3 is 0 Å². The highest BCUT2D eigenvalue weighted by molar-refractivity contribution is 5.97. The highest BCUT2D eigenvalue weighted by atomic mass is 16.5. The minimum absolute atomic E-state index is 0.0587. The average molecular weight is 514 g/mol. The summed E-state index contributed by atoms with van der Waals surface area (Å²) >= 11 is 0. The number of hydrogen-bond acceptors (Lipinski definition) is 11. The largest absolute Gasteiger partial charge is 0.393 e. The zero-order chi connectivity index (χ0) is 26.2. The third-order valence-electron chi connectivity index (χ3n) is 8.23. The lowest BCUT2D eigenvalue weighted by molar-refractivity contribution is -0.160. The number of aromatic nitrogens is 4. The predicted molar refractivity (Wildman–Crippen MR) is 130 cm³/mol. The van der Waals surface area contributed by atoms with Crippen LogP contribution in [-0.4, -0.2) is 89.8 Å². The molecule has 200 valence electrons. The van der Waals surface area contributed by atoms with Crippen LogP contribution in [0.5, 0.6) is 0 Å². The maximum atomic E-state index is 12.4. The first-order valence-corrected chi connectivity index (χ1v) is 13.0. The second-order valence-electron chi connectivity index (χ2n) is 10.7. The van der Waals surface area contributed by atoms with Crippen LogP contribution in [0.15, 0.2) is 29.3 Å². The Morgan fingerprint density at radius 1 is 1.03 bits per heavy atom. The molecule has 2 aromatic rings. The molecule has 1 aliphatic carbocycles. The summed E-state index contributed by atoms with van der Waals surface area (Å²) in [7, 11) is 0. The Labute approximate surface area is 215 Å². The van der Waals surface area contributed by atoms with Crippen molar-refractivity contribution in [1.29, 1.82) is 0 Å². The normalized spacial score (nSPS) is 31.9. The number of carbonyl (C=O) groups excluding carboxylic acids is 2. The van der Waals surface area contributed by atoms with Gasteiger partial charge in [0, 0.05) is 24.9 Å². The molecule has 0 bridgehead atoms. The van der Waals surface area contributed by atoms with E-state index >= 15 is 0 Å². The van der Waals surface area contributed by atoms with Crippen LogP contribution in [0.4, 0.5) is 0 Å². The van der Waals surface area contributed by atoms with Crippen LogP contribution in [0, 0.1) is 5.92 Å². The third kappa shape index (κ3) is 4.56. The van der Waals surface area contributed by atoms with E-state index in [1.807, 2.05) is 0 Å². The number of rotatable bonds is 6. The topological polar surface area (TPSA) is 167 Å². The molecule has 37 heavy (non-hydrogen) atoms. The summed E-state index contributed by atoms with van der Waals surface area (Å²) in [6.07, 6.45) is 7.81. The molecule has 1 saturated carbocycles. The number of Topliss-reactive ketones (excluding diaryl/α,β-unsaturated/α-hetero) is 1. The van der Waals surface area contributed by atoms with Crippen LogP contribution < -0.4 is 10.6 Å². The maximum Gasteiger partial charge on any atom is 0.245 e. The van der Waals surface area contributed by atoms with Crippen molar-refractivity contribution in [2.75, 3.05) is 19.6 Å². The lowest BCUT2D eigenvalue weighted by Gasteiger charge is -2.50. The minimum Gasteiger partial charge on any atom is -0.393 e. The molecule has 0 radical (unpaired) electrons. The van der Waals surface area contributed by atoms with Gasteiger partial charge < -0.3 is 30.3 Å². The number of aliphatic hydroxyl groups excluding tert-OH is 2. The number of ketones is 1. The van der Waals surface area contributed by atoms with Crippen molar-refractivity contribution in [3.05, 3.63) is 36.5 Å². The van der Waals surface area contributed by atoms with E-state index in [1.165, 1.54) is 6.33 Å². The Hall–Kier alpha value is -2.80. The molecule has 4 N–H and O–H groups in total. The van der Waals surface area contributed by atoms with Gasteiger partial charge in [-0.2, -0.15) is 4.98 Å². The number of carbonyl (C=O) groups is 2. The predicted octanol–water partition coefficient (Wildman–Crippen LogP) is 0.108. The fourth-order valence-corrected chi connectivity index (χ4v) is 6.36. The molecular weight excluding hydrogens is 478 g/mol. The van der Waals surface area contributed by atoms with Crippen LogP contribution in [0.1, 0.15) is 69.6 Å². The number of hydrogen-bond donors (Lipinski definition) is 4. The molecule has 1 amide bonds. The zero-order valence-electron chi connectivity index (χ0n) is 21.2. The molecule has 4 fully saturated rings. The second kappa shape index (κ2) is 10.2. The standard InChI is InChI=1S/C13H18N4O2.C12H17N3O3/c1-9(18)10(11-14-5-3-6-15-11)17-8-13(12(17)19)4-2-7-16-13;1-7(16)9(11-13-6-15-18-11)8-5-12(10(8)17)3-2-4-14-12/h3,5-6,9-10,16,18H,2,4,7-8H2,1H3;6-9,14,16H,2-5H2,1H3/t;7-,8-,9?,12?/m.1/s1. The fourth-order valence-electron chi connectivity index (χ4n) is 6.36. The van der Waals surface area contributed by atoms with E-state index in [1.54, 1.807) is 37.2 Å². The Kier molecular flexibility index (Phi) is 7.10. The molecular formula is C25H35N7O5. The molecule has 7 atom stereocenters. The van der Waals surface area contributed by atoms with Crippen LogP contribution >= 0.6 is 0 Å². The fraction of sp³-hybridized carbons (Fsp3) is 0.680. The second-order valence-corrected chi connectivity index (χ2v) is 10.7. The van der Waals surface area contributed by atoms with Crippen molar-refractivity contribution >= 4 is 11.7 Å². The molecule has 4 aliphatic rings. The van der Waals surface area contributed by atoms with E-state index in [-0.39, 0.29) is 34.6 Å². The molecule has 2 spiro atoms. The first-order valence-electron chi connectivity index (χ1n) is 13.0. The molecule has 0 aromatic carbocycles.